The van der Waals surface area contributed by atoms with Crippen LogP contribution in [0.2, 0.25) is 5.02 Å². The van der Waals surface area contributed by atoms with Crippen molar-refractivity contribution in [2.75, 3.05) is 9.80 Å². The summed E-state index contributed by atoms with van der Waals surface area (Å²) in [5, 5.41) is 30.3. The van der Waals surface area contributed by atoms with Crippen molar-refractivity contribution in [3.8, 4) is 16.3 Å². The van der Waals surface area contributed by atoms with Crippen molar-refractivity contribution in [2.45, 2.75) is 32.6 Å². The van der Waals surface area contributed by atoms with Gasteiger partial charge >= 0.3 is 0 Å². The van der Waals surface area contributed by atoms with E-state index in [1.54, 1.807) is 47.3 Å². The molecule has 0 spiro atoms. The van der Waals surface area contributed by atoms with E-state index in [-0.39, 0.29) is 30.0 Å². The second kappa shape index (κ2) is 12.7. The van der Waals surface area contributed by atoms with Crippen molar-refractivity contribution >= 4 is 84.6 Å². The molecule has 4 amide bonds. The summed E-state index contributed by atoms with van der Waals surface area (Å²) in [6, 6.07) is 23.6. The van der Waals surface area contributed by atoms with Crippen LogP contribution in [0, 0.1) is 46.1 Å². The molecule has 1 N–H and O–H groups in total. The van der Waals surface area contributed by atoms with E-state index in [4.69, 9.17) is 16.7 Å². The smallest absolute Gasteiger partial charge is 0.271 e. The van der Waals surface area contributed by atoms with Crippen LogP contribution in [0.3, 0.4) is 0 Å². The summed E-state index contributed by atoms with van der Waals surface area (Å²) in [7, 11) is 1.70. The second-order valence-electron chi connectivity index (χ2n) is 15.9. The third kappa shape index (κ3) is 4.89. The Morgan fingerprint density at radius 2 is 1.67 bits per heavy atom. The molecule has 12 nitrogen and oxygen atoms in total. The van der Waals surface area contributed by atoms with Crippen LogP contribution in [-0.2, 0) is 26.2 Å². The molecule has 6 atom stereocenters. The van der Waals surface area contributed by atoms with Crippen LogP contribution in [0.4, 0.5) is 17.2 Å². The number of nitrogens with zero attached hydrogens (tertiary/aromatic N) is 5. The zero-order chi connectivity index (χ0) is 40.5. The number of phenols is 1. The summed E-state index contributed by atoms with van der Waals surface area (Å²) in [5.41, 5.74) is 1.61. The monoisotopic (exact) mass is 811 g/mol. The molecule has 4 aromatic carbocycles. The number of phenolic OH excluding ortho intramolecular Hbond substituents is 1. The number of hydrogen-bond donors (Lipinski definition) is 1. The zero-order valence-electron chi connectivity index (χ0n) is 31.4. The molecule has 10 rings (SSSR count). The lowest BCUT2D eigenvalue weighted by Gasteiger charge is -2.49. The maximum absolute atomic E-state index is 15.3. The van der Waals surface area contributed by atoms with Crippen molar-refractivity contribution in [1.29, 1.82) is 0 Å². The number of aromatic hydroxyl groups is 1. The number of aryl methyl sites for hydroxylation is 2. The van der Waals surface area contributed by atoms with Gasteiger partial charge in [-0.15, -0.1) is 11.3 Å². The van der Waals surface area contributed by atoms with Gasteiger partial charge in [-0.1, -0.05) is 59.6 Å². The number of rotatable bonds is 5. The van der Waals surface area contributed by atoms with Crippen LogP contribution < -0.4 is 9.80 Å². The Labute approximate surface area is 340 Å². The van der Waals surface area contributed by atoms with Gasteiger partial charge in [-0.3, -0.25) is 34.0 Å². The Bertz CT molecular complexity index is 2900. The first-order valence-corrected chi connectivity index (χ1v) is 20.1. The van der Waals surface area contributed by atoms with Crippen LogP contribution in [-0.4, -0.2) is 43.4 Å². The molecule has 2 aliphatic heterocycles. The van der Waals surface area contributed by atoms with Crippen LogP contribution in [0.25, 0.3) is 31.4 Å². The SMILES string of the molecule is Cc1c(-c2cc(N3C(=O)C4CC5C(=CCC6C(=O)N(c7cccc([N+](=O)[O-])c7)C(=O)C65)C(c5ccc(O)c6ccccc56)C4(C)C3=O)n(C)n2)sc2ccc(Cl)cc12. The lowest BCUT2D eigenvalue weighted by molar-refractivity contribution is -0.384. The molecular weight excluding hydrogens is 778 g/mol. The van der Waals surface area contributed by atoms with Gasteiger partial charge in [0.2, 0.25) is 23.6 Å². The highest BCUT2D eigenvalue weighted by atomic mass is 35.5. The predicted octanol–water partition coefficient (Wildman–Crippen LogP) is 8.47. The standard InChI is InChI=1S/C44H34ClN5O7S/c1-21-30-17-22(45)11-16-35(30)58-39(21)33-20-36(47(3)46-33)49-41(53)32-19-31-28(38(44(32,2)43(49)55)27-14-15-34(51)26-10-5-4-9-25(26)27)12-13-29-37(31)42(54)48(40(29)52)23-7-6-8-24(18-23)50(56)57/h4-12,14-18,20,29,31-32,37-38,51H,13,19H2,1-3H3. The molecule has 58 heavy (non-hydrogen) atoms. The minimum absolute atomic E-state index is 0.0620. The van der Waals surface area contributed by atoms with E-state index in [1.807, 2.05) is 56.3 Å². The van der Waals surface area contributed by atoms with Gasteiger partial charge in [0.25, 0.3) is 5.69 Å². The highest BCUT2D eigenvalue weighted by Crippen LogP contribution is 2.64. The van der Waals surface area contributed by atoms with Gasteiger partial charge in [-0.05, 0) is 84.8 Å². The summed E-state index contributed by atoms with van der Waals surface area (Å²) < 4.78 is 2.57. The number of nitro benzene ring substituents is 1. The summed E-state index contributed by atoms with van der Waals surface area (Å²) in [6.07, 6.45) is 2.29. The van der Waals surface area contributed by atoms with Crippen molar-refractivity contribution < 1.29 is 29.2 Å². The molecule has 6 aromatic rings. The Morgan fingerprint density at radius 3 is 2.45 bits per heavy atom. The van der Waals surface area contributed by atoms with Crippen LogP contribution in [0.15, 0.2) is 96.6 Å². The normalized spacial score (nSPS) is 25.4. The molecule has 0 radical (unpaired) electrons. The van der Waals surface area contributed by atoms with Gasteiger partial charge in [-0.25, -0.2) is 9.80 Å². The lowest BCUT2D eigenvalue weighted by Crippen LogP contribution is -2.49. The second-order valence-corrected chi connectivity index (χ2v) is 17.4. The Kier molecular flexibility index (Phi) is 7.90. The van der Waals surface area contributed by atoms with Gasteiger partial charge in [0.05, 0.1) is 38.7 Å². The van der Waals surface area contributed by atoms with Crippen molar-refractivity contribution in [3.63, 3.8) is 0 Å². The van der Waals surface area contributed by atoms with E-state index in [1.165, 1.54) is 29.2 Å². The number of halogens is 1. The number of carbonyl (C=O) groups is 4. The first-order chi connectivity index (χ1) is 27.8. The summed E-state index contributed by atoms with van der Waals surface area (Å²) in [6.45, 7) is 3.81. The minimum atomic E-state index is -1.34. The number of amides is 4. The third-order valence-electron chi connectivity index (χ3n) is 13.0. The largest absolute Gasteiger partial charge is 0.507 e. The minimum Gasteiger partial charge on any atom is -0.507 e. The van der Waals surface area contributed by atoms with Gasteiger partial charge in [-0.2, -0.15) is 5.10 Å². The first kappa shape index (κ1) is 36.2. The highest BCUT2D eigenvalue weighted by molar-refractivity contribution is 7.22. The van der Waals surface area contributed by atoms with Crippen molar-refractivity contribution in [3.05, 3.63) is 123 Å². The van der Waals surface area contributed by atoms with E-state index in [9.17, 15) is 24.8 Å². The van der Waals surface area contributed by atoms with Gasteiger partial charge < -0.3 is 5.11 Å². The molecular formula is C44H34ClN5O7S. The molecule has 2 saturated heterocycles. The fourth-order valence-corrected chi connectivity index (χ4v) is 11.7. The molecule has 4 aliphatic rings. The number of carbonyl (C=O) groups excluding carboxylic acids is 4. The number of anilines is 2. The number of hydrogen-bond acceptors (Lipinski definition) is 9. The molecule has 290 valence electrons. The fourth-order valence-electron chi connectivity index (χ4n) is 10.4. The number of nitro groups is 1. The maximum atomic E-state index is 15.3. The molecule has 3 fully saturated rings. The van der Waals surface area contributed by atoms with Crippen molar-refractivity contribution in [2.24, 2.45) is 36.1 Å². The first-order valence-electron chi connectivity index (χ1n) is 18.9. The number of allylic oxidation sites excluding steroid dienone is 2. The van der Waals surface area contributed by atoms with Crippen LogP contribution in [0.1, 0.15) is 36.8 Å². The van der Waals surface area contributed by atoms with Gasteiger partial charge in [0.15, 0.2) is 0 Å². The average Bonchev–Trinajstić information content (AvgIpc) is 3.88. The molecule has 1 saturated carbocycles. The molecule has 14 heteroatoms. The predicted molar refractivity (Wildman–Crippen MR) is 220 cm³/mol. The molecule has 2 aliphatic carbocycles. The highest BCUT2D eigenvalue weighted by Gasteiger charge is 2.68. The number of non-ortho nitro benzene ring substituents is 1. The topological polar surface area (TPSA) is 156 Å². The number of fused-ring (bicyclic) bond motifs is 6. The summed E-state index contributed by atoms with van der Waals surface area (Å²) >= 11 is 7.88. The van der Waals surface area contributed by atoms with E-state index >= 15 is 9.59 Å². The van der Waals surface area contributed by atoms with E-state index in [2.05, 4.69) is 0 Å². The Balaban J connectivity index is 1.11. The lowest BCUT2D eigenvalue weighted by atomic mass is 9.51. The van der Waals surface area contributed by atoms with E-state index in [0.29, 0.717) is 27.3 Å². The zero-order valence-corrected chi connectivity index (χ0v) is 33.0. The van der Waals surface area contributed by atoms with Crippen LogP contribution in [0.5, 0.6) is 5.75 Å². The van der Waals surface area contributed by atoms with E-state index in [0.717, 1.165) is 36.6 Å². The van der Waals surface area contributed by atoms with Crippen LogP contribution >= 0.6 is 22.9 Å². The van der Waals surface area contributed by atoms with Gasteiger partial charge in [0.1, 0.15) is 17.3 Å². The average molecular weight is 812 g/mol. The van der Waals surface area contributed by atoms with Crippen molar-refractivity contribution in [1.82, 2.24) is 9.78 Å². The van der Waals surface area contributed by atoms with E-state index < -0.39 is 63.6 Å². The molecule has 6 unspecified atom stereocenters. The summed E-state index contributed by atoms with van der Waals surface area (Å²) in [4.78, 5) is 73.3. The maximum Gasteiger partial charge on any atom is 0.271 e. The molecule has 2 aromatic heterocycles. The Hall–Kier alpha value is -6.18. The number of benzene rings is 4. The molecule has 4 heterocycles. The number of imide groups is 2. The number of aromatic nitrogens is 2. The summed E-state index contributed by atoms with van der Waals surface area (Å²) in [5.74, 6) is -5.28. The number of thiophene rings is 1. The Morgan fingerprint density at radius 1 is 0.897 bits per heavy atom. The third-order valence-corrected chi connectivity index (χ3v) is 14.6. The fraction of sp³-hybridized carbons (Fsp3) is 0.250. The van der Waals surface area contributed by atoms with Gasteiger partial charge in [0, 0.05) is 46.3 Å². The quantitative estimate of drug-likeness (QED) is 0.0787. The molecule has 0 bridgehead atoms.